The van der Waals surface area contributed by atoms with Gasteiger partial charge in [-0.05, 0) is 25.2 Å². The van der Waals surface area contributed by atoms with Crippen LogP contribution in [0.3, 0.4) is 0 Å². The molecule has 3 heterocycles. The molecule has 25 heavy (non-hydrogen) atoms. The number of carbonyl (C=O) groups is 1. The Morgan fingerprint density at radius 1 is 1.40 bits per heavy atom. The molecular weight excluding hydrogens is 318 g/mol. The lowest BCUT2D eigenvalue weighted by molar-refractivity contribution is -0.120. The summed E-state index contributed by atoms with van der Waals surface area (Å²) in [5.41, 5.74) is 1.83. The van der Waals surface area contributed by atoms with E-state index >= 15 is 0 Å². The molecule has 2 saturated heterocycles. The maximum absolute atomic E-state index is 12.8. The van der Waals surface area contributed by atoms with E-state index in [1.54, 1.807) is 0 Å². The molecule has 0 unspecified atom stereocenters. The van der Waals surface area contributed by atoms with Crippen LogP contribution in [0.2, 0.25) is 0 Å². The zero-order valence-corrected chi connectivity index (χ0v) is 15.5. The number of anilines is 1. The van der Waals surface area contributed by atoms with Gasteiger partial charge in [0, 0.05) is 37.8 Å². The predicted molar refractivity (Wildman–Crippen MR) is 96.5 cm³/mol. The second kappa shape index (κ2) is 7.30. The first-order valence-electron chi connectivity index (χ1n) is 9.09. The molecule has 138 valence electrons. The van der Waals surface area contributed by atoms with Gasteiger partial charge in [0.1, 0.15) is 0 Å². The van der Waals surface area contributed by atoms with Crippen LogP contribution in [0.4, 0.5) is 5.88 Å². The van der Waals surface area contributed by atoms with E-state index in [-0.39, 0.29) is 17.4 Å². The van der Waals surface area contributed by atoms with Gasteiger partial charge in [-0.3, -0.25) is 15.0 Å². The highest BCUT2D eigenvalue weighted by Gasteiger charge is 2.35. The van der Waals surface area contributed by atoms with Crippen molar-refractivity contribution in [3.8, 4) is 0 Å². The molecule has 6 heteroatoms. The minimum absolute atomic E-state index is 0.0395. The number of amides is 1. The third kappa shape index (κ3) is 4.50. The van der Waals surface area contributed by atoms with Gasteiger partial charge < -0.3 is 9.26 Å². The molecule has 1 aromatic rings. The summed E-state index contributed by atoms with van der Waals surface area (Å²) in [6.07, 6.45) is 2.83. The largest absolute Gasteiger partial charge is 0.381 e. The van der Waals surface area contributed by atoms with Gasteiger partial charge in [0.25, 0.3) is 0 Å². The first-order valence-corrected chi connectivity index (χ1v) is 9.09. The minimum atomic E-state index is -0.182. The van der Waals surface area contributed by atoms with Gasteiger partial charge in [-0.1, -0.05) is 38.1 Å². The molecule has 1 atom stereocenters. The van der Waals surface area contributed by atoms with E-state index in [1.165, 1.54) is 0 Å². The second-order valence-corrected chi connectivity index (χ2v) is 8.27. The van der Waals surface area contributed by atoms with Crippen LogP contribution in [0.1, 0.15) is 45.7 Å². The number of carbonyl (C=O) groups excluding carboxylic acids is 1. The fourth-order valence-corrected chi connectivity index (χ4v) is 3.47. The summed E-state index contributed by atoms with van der Waals surface area (Å²) in [4.78, 5) is 15.0. The molecule has 1 N–H and O–H groups in total. The topological polar surface area (TPSA) is 67.6 Å². The highest BCUT2D eigenvalue weighted by Crippen LogP contribution is 2.28. The smallest absolute Gasteiger partial charge is 0.244 e. The van der Waals surface area contributed by atoms with Crippen LogP contribution < -0.4 is 5.32 Å². The molecule has 1 aromatic heterocycles. The van der Waals surface area contributed by atoms with Crippen LogP contribution in [0.15, 0.2) is 22.7 Å². The van der Waals surface area contributed by atoms with Crippen molar-refractivity contribution in [1.82, 2.24) is 10.1 Å². The lowest BCUT2D eigenvalue weighted by Gasteiger charge is -2.29. The average molecular weight is 347 g/mol. The fraction of sp³-hybridized carbons (Fsp3) is 0.684. The molecular formula is C19H29N3O3. The maximum atomic E-state index is 12.8. The van der Waals surface area contributed by atoms with Crippen LogP contribution in [-0.4, -0.2) is 48.3 Å². The third-order valence-corrected chi connectivity index (χ3v) is 5.01. The van der Waals surface area contributed by atoms with Gasteiger partial charge in [-0.2, -0.15) is 0 Å². The van der Waals surface area contributed by atoms with E-state index in [9.17, 15) is 4.79 Å². The van der Waals surface area contributed by atoms with E-state index in [0.29, 0.717) is 18.2 Å². The van der Waals surface area contributed by atoms with Gasteiger partial charge in [-0.25, -0.2) is 0 Å². The van der Waals surface area contributed by atoms with Gasteiger partial charge in [0.2, 0.25) is 11.8 Å². The maximum Gasteiger partial charge on any atom is 0.244 e. The van der Waals surface area contributed by atoms with Crippen molar-refractivity contribution in [2.45, 2.75) is 51.5 Å². The van der Waals surface area contributed by atoms with E-state index < -0.39 is 0 Å². The average Bonchev–Trinajstić information content (AvgIpc) is 3.15. The Balaban J connectivity index is 1.62. The van der Waals surface area contributed by atoms with Crippen molar-refractivity contribution in [1.29, 1.82) is 0 Å². The van der Waals surface area contributed by atoms with Crippen molar-refractivity contribution in [2.24, 2.45) is 5.92 Å². The number of hydrogen-bond donors (Lipinski definition) is 1. The van der Waals surface area contributed by atoms with Crippen LogP contribution in [0.25, 0.3) is 0 Å². The van der Waals surface area contributed by atoms with Crippen LogP contribution in [0, 0.1) is 5.92 Å². The number of nitrogens with zero attached hydrogens (tertiary/aromatic N) is 2. The number of ether oxygens (including phenoxy) is 1. The summed E-state index contributed by atoms with van der Waals surface area (Å²) < 4.78 is 10.7. The number of aromatic nitrogens is 1. The normalized spacial score (nSPS) is 23.2. The fourth-order valence-electron chi connectivity index (χ4n) is 3.47. The molecule has 1 amide bonds. The summed E-state index contributed by atoms with van der Waals surface area (Å²) in [5, 5.41) is 6.95. The Kier molecular flexibility index (Phi) is 5.29. The molecule has 0 bridgehead atoms. The molecule has 0 aromatic carbocycles. The number of nitrogens with one attached hydrogen (secondary N) is 1. The van der Waals surface area contributed by atoms with Crippen molar-refractivity contribution >= 4 is 11.8 Å². The number of likely N-dealkylation sites (tertiary alicyclic amines) is 1. The second-order valence-electron chi connectivity index (χ2n) is 8.27. The Hall–Kier alpha value is -1.66. The molecule has 0 saturated carbocycles. The summed E-state index contributed by atoms with van der Waals surface area (Å²) in [6.45, 7) is 13.6. The number of rotatable bonds is 4. The quantitative estimate of drug-likeness (QED) is 0.848. The van der Waals surface area contributed by atoms with Crippen molar-refractivity contribution in [3.05, 3.63) is 23.9 Å². The summed E-state index contributed by atoms with van der Waals surface area (Å²) in [6, 6.07) is 1.63. The molecule has 0 aliphatic carbocycles. The van der Waals surface area contributed by atoms with E-state index in [4.69, 9.17) is 9.26 Å². The summed E-state index contributed by atoms with van der Waals surface area (Å²) in [7, 11) is 0. The lowest BCUT2D eigenvalue weighted by atomic mass is 9.92. The highest BCUT2D eigenvalue weighted by molar-refractivity contribution is 5.94. The summed E-state index contributed by atoms with van der Waals surface area (Å²) in [5.74, 6) is 0.966. The van der Waals surface area contributed by atoms with Gasteiger partial charge in [0.15, 0.2) is 0 Å². The van der Waals surface area contributed by atoms with Crippen molar-refractivity contribution in [2.75, 3.05) is 31.6 Å². The zero-order valence-electron chi connectivity index (χ0n) is 15.5. The molecule has 2 aliphatic heterocycles. The van der Waals surface area contributed by atoms with Gasteiger partial charge in [0.05, 0.1) is 11.7 Å². The van der Waals surface area contributed by atoms with Crippen molar-refractivity contribution in [3.63, 3.8) is 0 Å². The molecule has 0 spiro atoms. The molecule has 0 radical (unpaired) electrons. The van der Waals surface area contributed by atoms with E-state index in [2.05, 4.69) is 42.7 Å². The first kappa shape index (κ1) is 18.1. The minimum Gasteiger partial charge on any atom is -0.381 e. The van der Waals surface area contributed by atoms with Crippen molar-refractivity contribution < 1.29 is 14.1 Å². The standard InChI is InChI=1S/C19H29N3O3/c1-13-9-15(22(11-13)12-14-5-7-24-8-6-14)18(23)20-17-10-16(21-25-17)19(2,3)4/h10,14-15H,1,5-9,11-12H2,2-4H3,(H,20,23)/t15-/m0/s1. The van der Waals surface area contributed by atoms with E-state index in [0.717, 1.165) is 50.4 Å². The third-order valence-electron chi connectivity index (χ3n) is 5.01. The predicted octanol–water partition coefficient (Wildman–Crippen LogP) is 2.97. The lowest BCUT2D eigenvalue weighted by Crippen LogP contribution is -2.42. The van der Waals surface area contributed by atoms with E-state index in [1.807, 2.05) is 6.07 Å². The Morgan fingerprint density at radius 3 is 2.76 bits per heavy atom. The molecule has 2 aliphatic rings. The molecule has 2 fully saturated rings. The molecule has 3 rings (SSSR count). The monoisotopic (exact) mass is 347 g/mol. The Morgan fingerprint density at radius 2 is 2.12 bits per heavy atom. The van der Waals surface area contributed by atoms with Crippen LogP contribution >= 0.6 is 0 Å². The summed E-state index contributed by atoms with van der Waals surface area (Å²) >= 11 is 0. The highest BCUT2D eigenvalue weighted by atomic mass is 16.5. The SMILES string of the molecule is C=C1C[C@@H](C(=O)Nc2cc(C(C)(C)C)no2)N(CC2CCOCC2)C1. The molecule has 6 nitrogen and oxygen atoms in total. The zero-order chi connectivity index (χ0) is 18.0. The first-order chi connectivity index (χ1) is 11.8. The Labute approximate surface area is 149 Å². The number of hydrogen-bond acceptors (Lipinski definition) is 5. The van der Waals surface area contributed by atoms with Gasteiger partial charge >= 0.3 is 0 Å². The van der Waals surface area contributed by atoms with Gasteiger partial charge in [-0.15, -0.1) is 0 Å². The van der Waals surface area contributed by atoms with Crippen LogP contribution in [-0.2, 0) is 14.9 Å². The Bertz CT molecular complexity index is 626. The van der Waals surface area contributed by atoms with Crippen LogP contribution in [0.5, 0.6) is 0 Å².